The molecule has 1 atom stereocenters. The van der Waals surface area contributed by atoms with E-state index in [1.54, 1.807) is 0 Å². The highest BCUT2D eigenvalue weighted by Gasteiger charge is 2.15. The monoisotopic (exact) mass is 272 g/mol. The summed E-state index contributed by atoms with van der Waals surface area (Å²) in [5.41, 5.74) is 9.45. The molecule has 0 saturated carbocycles. The van der Waals surface area contributed by atoms with Crippen molar-refractivity contribution in [3.63, 3.8) is 0 Å². The van der Waals surface area contributed by atoms with Crippen LogP contribution in [0, 0.1) is 12.7 Å². The van der Waals surface area contributed by atoms with Gasteiger partial charge in [-0.15, -0.1) is 0 Å². The smallest absolute Gasteiger partial charge is 0.123 e. The fraction of sp³-hybridized carbons (Fsp3) is 0.294. The molecule has 0 aliphatic rings. The van der Waals surface area contributed by atoms with Gasteiger partial charge >= 0.3 is 0 Å². The summed E-state index contributed by atoms with van der Waals surface area (Å²) in [5, 5.41) is 0. The number of hydrogen-bond donors (Lipinski definition) is 1. The molecule has 0 amide bonds. The molecular weight excluding hydrogens is 251 g/mol. The quantitative estimate of drug-likeness (QED) is 0.905. The fourth-order valence-electron chi connectivity index (χ4n) is 2.35. The average molecular weight is 272 g/mol. The standard InChI is InChI=1S/C17H21FN2/c1-13-3-7-15(8-4-13)17(11-19)20(2)12-14-5-9-16(18)10-6-14/h3-10,17H,11-12,19H2,1-2H3. The molecule has 2 aromatic rings. The van der Waals surface area contributed by atoms with Crippen molar-refractivity contribution in [1.29, 1.82) is 0 Å². The minimum Gasteiger partial charge on any atom is -0.329 e. The molecule has 20 heavy (non-hydrogen) atoms. The molecular formula is C17H21FN2. The number of likely N-dealkylation sites (N-methyl/N-ethyl adjacent to an activating group) is 1. The Labute approximate surface area is 120 Å². The number of nitrogens with zero attached hydrogens (tertiary/aromatic N) is 1. The Morgan fingerprint density at radius 3 is 2.20 bits per heavy atom. The van der Waals surface area contributed by atoms with Crippen molar-refractivity contribution in [3.8, 4) is 0 Å². The third kappa shape index (κ3) is 3.65. The minimum atomic E-state index is -0.203. The van der Waals surface area contributed by atoms with E-state index in [-0.39, 0.29) is 11.9 Å². The number of halogens is 1. The first-order valence-electron chi connectivity index (χ1n) is 6.81. The van der Waals surface area contributed by atoms with E-state index >= 15 is 0 Å². The number of aryl methyl sites for hydroxylation is 1. The first-order valence-corrected chi connectivity index (χ1v) is 6.81. The van der Waals surface area contributed by atoms with Crippen LogP contribution >= 0.6 is 0 Å². The largest absolute Gasteiger partial charge is 0.329 e. The predicted octanol–water partition coefficient (Wildman–Crippen LogP) is 3.27. The molecule has 0 spiro atoms. The van der Waals surface area contributed by atoms with Crippen molar-refractivity contribution in [2.75, 3.05) is 13.6 Å². The Kier molecular flexibility index (Phi) is 4.88. The van der Waals surface area contributed by atoms with Gasteiger partial charge in [-0.2, -0.15) is 0 Å². The van der Waals surface area contributed by atoms with Crippen molar-refractivity contribution >= 4 is 0 Å². The molecule has 0 radical (unpaired) electrons. The first kappa shape index (κ1) is 14.7. The maximum atomic E-state index is 12.9. The van der Waals surface area contributed by atoms with Crippen LogP contribution < -0.4 is 5.73 Å². The lowest BCUT2D eigenvalue weighted by Gasteiger charge is -2.27. The second-order valence-electron chi connectivity index (χ2n) is 5.20. The molecule has 3 heteroatoms. The zero-order valence-electron chi connectivity index (χ0n) is 12.0. The summed E-state index contributed by atoms with van der Waals surface area (Å²) in [6, 6.07) is 15.2. The average Bonchev–Trinajstić information content (AvgIpc) is 2.44. The molecule has 0 aliphatic carbocycles. The topological polar surface area (TPSA) is 29.3 Å². The van der Waals surface area contributed by atoms with Gasteiger partial charge in [0.25, 0.3) is 0 Å². The Hall–Kier alpha value is -1.71. The zero-order chi connectivity index (χ0) is 14.5. The Morgan fingerprint density at radius 2 is 1.65 bits per heavy atom. The van der Waals surface area contributed by atoms with Crippen molar-refractivity contribution < 1.29 is 4.39 Å². The second kappa shape index (κ2) is 6.64. The van der Waals surface area contributed by atoms with E-state index < -0.39 is 0 Å². The SMILES string of the molecule is Cc1ccc(C(CN)N(C)Cc2ccc(F)cc2)cc1. The van der Waals surface area contributed by atoms with Gasteiger partial charge in [0.2, 0.25) is 0 Å². The Morgan fingerprint density at radius 1 is 1.05 bits per heavy atom. The summed E-state index contributed by atoms with van der Waals surface area (Å²) in [5.74, 6) is -0.203. The zero-order valence-corrected chi connectivity index (χ0v) is 12.0. The lowest BCUT2D eigenvalue weighted by atomic mass is 10.0. The molecule has 0 aliphatic heterocycles. The van der Waals surface area contributed by atoms with E-state index in [0.29, 0.717) is 6.54 Å². The van der Waals surface area contributed by atoms with Crippen molar-refractivity contribution in [2.24, 2.45) is 5.73 Å². The van der Waals surface area contributed by atoms with Gasteiger partial charge < -0.3 is 5.73 Å². The van der Waals surface area contributed by atoms with Crippen molar-refractivity contribution in [2.45, 2.75) is 19.5 Å². The van der Waals surface area contributed by atoms with E-state index in [2.05, 4.69) is 36.1 Å². The Bertz CT molecular complexity index is 534. The summed E-state index contributed by atoms with van der Waals surface area (Å²) >= 11 is 0. The van der Waals surface area contributed by atoms with Crippen molar-refractivity contribution in [3.05, 3.63) is 71.0 Å². The molecule has 1 unspecified atom stereocenters. The van der Waals surface area contributed by atoms with Crippen LogP contribution in [0.4, 0.5) is 4.39 Å². The van der Waals surface area contributed by atoms with Crippen LogP contribution in [0.1, 0.15) is 22.7 Å². The van der Waals surface area contributed by atoms with Crippen LogP contribution in [0.15, 0.2) is 48.5 Å². The van der Waals surface area contributed by atoms with Gasteiger partial charge in [-0.1, -0.05) is 42.0 Å². The van der Waals surface area contributed by atoms with Gasteiger partial charge in [0.05, 0.1) is 0 Å². The molecule has 2 rings (SSSR count). The lowest BCUT2D eigenvalue weighted by Crippen LogP contribution is -2.30. The molecule has 0 fully saturated rings. The van der Waals surface area contributed by atoms with Crippen LogP contribution in [-0.2, 0) is 6.54 Å². The summed E-state index contributed by atoms with van der Waals surface area (Å²) < 4.78 is 12.9. The third-order valence-corrected chi connectivity index (χ3v) is 3.56. The van der Waals surface area contributed by atoms with Gasteiger partial charge in [-0.25, -0.2) is 4.39 Å². The molecule has 0 heterocycles. The van der Waals surface area contributed by atoms with E-state index in [1.165, 1.54) is 23.3 Å². The molecule has 106 valence electrons. The molecule has 2 aromatic carbocycles. The highest BCUT2D eigenvalue weighted by molar-refractivity contribution is 5.25. The van der Waals surface area contributed by atoms with Gasteiger partial charge in [0, 0.05) is 19.1 Å². The van der Waals surface area contributed by atoms with Crippen molar-refractivity contribution in [1.82, 2.24) is 4.90 Å². The van der Waals surface area contributed by atoms with Gasteiger partial charge in [-0.05, 0) is 37.2 Å². The number of benzene rings is 2. The maximum absolute atomic E-state index is 12.9. The fourth-order valence-corrected chi connectivity index (χ4v) is 2.35. The lowest BCUT2D eigenvalue weighted by molar-refractivity contribution is 0.241. The summed E-state index contributed by atoms with van der Waals surface area (Å²) in [6.45, 7) is 3.38. The predicted molar refractivity (Wildman–Crippen MR) is 80.8 cm³/mol. The number of rotatable bonds is 5. The molecule has 2 N–H and O–H groups in total. The summed E-state index contributed by atoms with van der Waals surface area (Å²) in [7, 11) is 2.04. The van der Waals surface area contributed by atoms with Gasteiger partial charge in [0.1, 0.15) is 5.82 Å². The highest BCUT2D eigenvalue weighted by Crippen LogP contribution is 2.20. The third-order valence-electron chi connectivity index (χ3n) is 3.56. The molecule has 0 bridgehead atoms. The number of hydrogen-bond acceptors (Lipinski definition) is 2. The summed E-state index contributed by atoms with van der Waals surface area (Å²) in [4.78, 5) is 2.19. The molecule has 0 saturated heterocycles. The van der Waals surface area contributed by atoms with Crippen LogP contribution in [0.5, 0.6) is 0 Å². The summed E-state index contributed by atoms with van der Waals surface area (Å²) in [6.07, 6.45) is 0. The van der Waals surface area contributed by atoms with Gasteiger partial charge in [-0.3, -0.25) is 4.90 Å². The van der Waals surface area contributed by atoms with Crippen LogP contribution in [0.3, 0.4) is 0 Å². The second-order valence-corrected chi connectivity index (χ2v) is 5.20. The Balaban J connectivity index is 2.10. The van der Waals surface area contributed by atoms with E-state index in [9.17, 15) is 4.39 Å². The van der Waals surface area contributed by atoms with Crippen LogP contribution in [0.2, 0.25) is 0 Å². The maximum Gasteiger partial charge on any atom is 0.123 e. The minimum absolute atomic E-state index is 0.167. The van der Waals surface area contributed by atoms with Gasteiger partial charge in [0.15, 0.2) is 0 Å². The number of nitrogens with two attached hydrogens (primary N) is 1. The van der Waals surface area contributed by atoms with E-state index in [4.69, 9.17) is 5.73 Å². The first-order chi connectivity index (χ1) is 9.60. The highest BCUT2D eigenvalue weighted by atomic mass is 19.1. The van der Waals surface area contributed by atoms with E-state index in [0.717, 1.165) is 12.1 Å². The molecule has 0 aromatic heterocycles. The van der Waals surface area contributed by atoms with Crippen LogP contribution in [0.25, 0.3) is 0 Å². The van der Waals surface area contributed by atoms with Crippen LogP contribution in [-0.4, -0.2) is 18.5 Å². The normalized spacial score (nSPS) is 12.7. The molecule has 2 nitrogen and oxygen atoms in total. The van der Waals surface area contributed by atoms with E-state index in [1.807, 2.05) is 19.2 Å².